The van der Waals surface area contributed by atoms with Crippen molar-refractivity contribution in [2.45, 2.75) is 19.0 Å². The van der Waals surface area contributed by atoms with Crippen molar-refractivity contribution >= 4 is 35.0 Å². The average molecular weight is 449 g/mol. The first kappa shape index (κ1) is 21.6. The summed E-state index contributed by atoms with van der Waals surface area (Å²) in [6.45, 7) is 0.164. The molecule has 0 saturated carbocycles. The van der Waals surface area contributed by atoms with Crippen LogP contribution in [0.1, 0.15) is 22.3 Å². The number of halogens is 1. The normalized spacial score (nSPS) is 15.7. The van der Waals surface area contributed by atoms with E-state index in [4.69, 9.17) is 16.3 Å². The lowest BCUT2D eigenvalue weighted by Gasteiger charge is -2.28. The van der Waals surface area contributed by atoms with E-state index in [1.807, 2.05) is 18.2 Å². The third-order valence-corrected chi connectivity index (χ3v) is 5.63. The fourth-order valence-electron chi connectivity index (χ4n) is 3.72. The average Bonchev–Trinajstić information content (AvgIpc) is 3.12. The van der Waals surface area contributed by atoms with Crippen LogP contribution in [0.4, 0.5) is 5.69 Å². The molecule has 1 saturated heterocycles. The molecular formula is C25H21ClN2O4. The van der Waals surface area contributed by atoms with Crippen LogP contribution in [-0.4, -0.2) is 35.8 Å². The van der Waals surface area contributed by atoms with Crippen molar-refractivity contribution in [1.82, 2.24) is 4.90 Å². The van der Waals surface area contributed by atoms with Gasteiger partial charge in [-0.1, -0.05) is 41.9 Å². The minimum atomic E-state index is -0.909. The van der Waals surface area contributed by atoms with Crippen LogP contribution < -0.4 is 9.64 Å². The first-order chi connectivity index (χ1) is 15.5. The number of amides is 3. The van der Waals surface area contributed by atoms with Crippen molar-refractivity contribution in [3.05, 3.63) is 95.0 Å². The Kier molecular flexibility index (Phi) is 6.23. The predicted molar refractivity (Wildman–Crippen MR) is 122 cm³/mol. The zero-order valence-corrected chi connectivity index (χ0v) is 18.2. The van der Waals surface area contributed by atoms with Crippen molar-refractivity contribution in [3.8, 4) is 5.75 Å². The van der Waals surface area contributed by atoms with E-state index in [9.17, 15) is 14.4 Å². The van der Waals surface area contributed by atoms with Crippen molar-refractivity contribution < 1.29 is 19.1 Å². The minimum absolute atomic E-state index is 0.0801. The van der Waals surface area contributed by atoms with E-state index < -0.39 is 11.9 Å². The summed E-state index contributed by atoms with van der Waals surface area (Å²) >= 11 is 5.97. The highest BCUT2D eigenvalue weighted by molar-refractivity contribution is 6.30. The molecule has 3 aromatic rings. The van der Waals surface area contributed by atoms with Crippen LogP contribution in [0.25, 0.3) is 0 Å². The number of methoxy groups -OCH3 is 1. The molecule has 1 fully saturated rings. The van der Waals surface area contributed by atoms with Crippen LogP contribution in [0.2, 0.25) is 5.02 Å². The molecule has 7 heteroatoms. The summed E-state index contributed by atoms with van der Waals surface area (Å²) in [6, 6.07) is 21.5. The van der Waals surface area contributed by atoms with E-state index in [0.29, 0.717) is 22.0 Å². The van der Waals surface area contributed by atoms with E-state index in [-0.39, 0.29) is 24.8 Å². The number of rotatable bonds is 6. The molecular weight excluding hydrogens is 428 g/mol. The second kappa shape index (κ2) is 9.24. The number of benzene rings is 3. The predicted octanol–water partition coefficient (Wildman–Crippen LogP) is 4.32. The van der Waals surface area contributed by atoms with Gasteiger partial charge in [-0.3, -0.25) is 14.4 Å². The minimum Gasteiger partial charge on any atom is -0.497 e. The van der Waals surface area contributed by atoms with Crippen LogP contribution in [0.15, 0.2) is 78.9 Å². The number of carbonyl (C=O) groups is 3. The van der Waals surface area contributed by atoms with Gasteiger partial charge in [-0.2, -0.15) is 0 Å². The molecule has 3 aromatic carbocycles. The first-order valence-corrected chi connectivity index (χ1v) is 10.5. The van der Waals surface area contributed by atoms with Crippen LogP contribution in [0.5, 0.6) is 5.75 Å². The topological polar surface area (TPSA) is 66.9 Å². The Morgan fingerprint density at radius 3 is 2.28 bits per heavy atom. The highest BCUT2D eigenvalue weighted by Gasteiger charge is 2.44. The Morgan fingerprint density at radius 1 is 1.00 bits per heavy atom. The van der Waals surface area contributed by atoms with E-state index in [1.165, 1.54) is 4.90 Å². The van der Waals surface area contributed by atoms with Crippen LogP contribution in [0, 0.1) is 0 Å². The Labute approximate surface area is 191 Å². The van der Waals surface area contributed by atoms with Gasteiger partial charge in [0.25, 0.3) is 11.8 Å². The summed E-state index contributed by atoms with van der Waals surface area (Å²) in [7, 11) is 1.58. The molecule has 0 N–H and O–H groups in total. The zero-order valence-electron chi connectivity index (χ0n) is 17.4. The van der Waals surface area contributed by atoms with Gasteiger partial charge in [-0.05, 0) is 54.1 Å². The SMILES string of the molecule is COc1ccc(CN(C(=O)c2ccc(Cl)cc2)[C@H]2CC(=O)N(c3ccccc3)C2=O)cc1. The molecule has 1 aliphatic rings. The number of ether oxygens (including phenoxy) is 1. The summed E-state index contributed by atoms with van der Waals surface area (Å²) in [5, 5.41) is 0.505. The standard InChI is InChI=1S/C25H21ClN2O4/c1-32-21-13-7-17(8-14-21)16-27(24(30)18-9-11-19(26)12-10-18)22-15-23(29)28(25(22)31)20-5-3-2-4-6-20/h2-14,22H,15-16H2,1H3/t22-/m0/s1. The smallest absolute Gasteiger partial charge is 0.257 e. The number of para-hydroxylation sites is 1. The maximum atomic E-state index is 13.4. The molecule has 32 heavy (non-hydrogen) atoms. The number of hydrogen-bond acceptors (Lipinski definition) is 4. The summed E-state index contributed by atoms with van der Waals surface area (Å²) in [5.41, 5.74) is 1.70. The van der Waals surface area contributed by atoms with Gasteiger partial charge in [-0.15, -0.1) is 0 Å². The maximum Gasteiger partial charge on any atom is 0.257 e. The molecule has 6 nitrogen and oxygen atoms in total. The lowest BCUT2D eigenvalue weighted by atomic mass is 10.1. The van der Waals surface area contributed by atoms with Gasteiger partial charge >= 0.3 is 0 Å². The van der Waals surface area contributed by atoms with Crippen molar-refractivity contribution in [3.63, 3.8) is 0 Å². The molecule has 0 spiro atoms. The Hall–Kier alpha value is -3.64. The molecule has 0 radical (unpaired) electrons. The van der Waals surface area contributed by atoms with E-state index in [2.05, 4.69) is 0 Å². The third kappa shape index (κ3) is 4.36. The van der Waals surface area contributed by atoms with Gasteiger partial charge in [-0.25, -0.2) is 4.90 Å². The van der Waals surface area contributed by atoms with E-state index >= 15 is 0 Å². The third-order valence-electron chi connectivity index (χ3n) is 5.38. The molecule has 1 aliphatic heterocycles. The highest BCUT2D eigenvalue weighted by Crippen LogP contribution is 2.28. The van der Waals surface area contributed by atoms with Crippen molar-refractivity contribution in [1.29, 1.82) is 0 Å². The molecule has 3 amide bonds. The number of carbonyl (C=O) groups excluding carboxylic acids is 3. The first-order valence-electron chi connectivity index (χ1n) is 10.1. The van der Waals surface area contributed by atoms with Gasteiger partial charge in [0, 0.05) is 17.1 Å². The van der Waals surface area contributed by atoms with Crippen LogP contribution >= 0.6 is 11.6 Å². The number of nitrogens with zero attached hydrogens (tertiary/aromatic N) is 2. The largest absolute Gasteiger partial charge is 0.497 e. The Morgan fingerprint density at radius 2 is 1.66 bits per heavy atom. The maximum absolute atomic E-state index is 13.4. The molecule has 162 valence electrons. The summed E-state index contributed by atoms with van der Waals surface area (Å²) in [5.74, 6) is -0.419. The van der Waals surface area contributed by atoms with E-state index in [0.717, 1.165) is 10.5 Å². The zero-order chi connectivity index (χ0) is 22.7. The number of anilines is 1. The van der Waals surface area contributed by atoms with Gasteiger partial charge in [0.05, 0.1) is 19.2 Å². The number of imide groups is 1. The molecule has 1 heterocycles. The molecule has 0 bridgehead atoms. The van der Waals surface area contributed by atoms with Gasteiger partial charge < -0.3 is 9.64 Å². The molecule has 4 rings (SSSR count). The fraction of sp³-hybridized carbons (Fsp3) is 0.160. The van der Waals surface area contributed by atoms with Gasteiger partial charge in [0.15, 0.2) is 0 Å². The van der Waals surface area contributed by atoms with Crippen LogP contribution in [0.3, 0.4) is 0 Å². The second-order valence-electron chi connectivity index (χ2n) is 7.41. The summed E-state index contributed by atoms with van der Waals surface area (Å²) in [6.07, 6.45) is -0.0801. The highest BCUT2D eigenvalue weighted by atomic mass is 35.5. The van der Waals surface area contributed by atoms with Gasteiger partial charge in [0.2, 0.25) is 5.91 Å². The quantitative estimate of drug-likeness (QED) is 0.526. The molecule has 0 unspecified atom stereocenters. The monoisotopic (exact) mass is 448 g/mol. The Bertz CT molecular complexity index is 1130. The summed E-state index contributed by atoms with van der Waals surface area (Å²) in [4.78, 5) is 42.1. The molecule has 0 aromatic heterocycles. The number of hydrogen-bond donors (Lipinski definition) is 0. The summed E-state index contributed by atoms with van der Waals surface area (Å²) < 4.78 is 5.20. The fourth-order valence-corrected chi connectivity index (χ4v) is 3.84. The Balaban J connectivity index is 1.68. The van der Waals surface area contributed by atoms with Gasteiger partial charge in [0.1, 0.15) is 11.8 Å². The van der Waals surface area contributed by atoms with Crippen molar-refractivity contribution in [2.75, 3.05) is 12.0 Å². The molecule has 1 atom stereocenters. The van der Waals surface area contributed by atoms with E-state index in [1.54, 1.807) is 67.8 Å². The lowest BCUT2D eigenvalue weighted by Crippen LogP contribution is -2.45. The molecule has 0 aliphatic carbocycles. The van der Waals surface area contributed by atoms with Crippen molar-refractivity contribution in [2.24, 2.45) is 0 Å². The second-order valence-corrected chi connectivity index (χ2v) is 7.85. The van der Waals surface area contributed by atoms with Crippen LogP contribution in [-0.2, 0) is 16.1 Å². The lowest BCUT2D eigenvalue weighted by molar-refractivity contribution is -0.122.